The third kappa shape index (κ3) is 2.22. The first-order valence-corrected chi connectivity index (χ1v) is 6.01. The fraction of sp³-hybridized carbons (Fsp3) is 0. The van der Waals surface area contributed by atoms with E-state index in [9.17, 15) is 13.2 Å². The highest BCUT2D eigenvalue weighted by molar-refractivity contribution is 14.1. The summed E-state index contributed by atoms with van der Waals surface area (Å²) in [6.07, 6.45) is 0. The van der Waals surface area contributed by atoms with Gasteiger partial charge < -0.3 is 5.11 Å². The van der Waals surface area contributed by atoms with Crippen LogP contribution in [0.5, 0.6) is 0 Å². The van der Waals surface area contributed by atoms with Gasteiger partial charge in [-0.2, -0.15) is 0 Å². The van der Waals surface area contributed by atoms with Crippen molar-refractivity contribution in [3.05, 3.63) is 27.3 Å². The molecule has 1 aromatic rings. The molecule has 5 nitrogen and oxygen atoms in total. The minimum atomic E-state index is -3.86. The Morgan fingerprint density at radius 3 is 2.43 bits per heavy atom. The van der Waals surface area contributed by atoms with Gasteiger partial charge in [0.05, 0.1) is 10.5 Å². The minimum Gasteiger partial charge on any atom is -0.478 e. The van der Waals surface area contributed by atoms with E-state index in [-0.39, 0.29) is 14.0 Å². The molecule has 3 N–H and O–H groups in total. The first-order valence-electron chi connectivity index (χ1n) is 3.38. The van der Waals surface area contributed by atoms with Crippen molar-refractivity contribution in [3.63, 3.8) is 0 Å². The van der Waals surface area contributed by atoms with Crippen molar-refractivity contribution in [2.24, 2.45) is 5.14 Å². The van der Waals surface area contributed by atoms with Gasteiger partial charge in [0.25, 0.3) is 0 Å². The van der Waals surface area contributed by atoms with Crippen LogP contribution in [0.4, 0.5) is 0 Å². The fourth-order valence-corrected chi connectivity index (χ4v) is 3.03. The van der Waals surface area contributed by atoms with E-state index in [2.05, 4.69) is 0 Å². The van der Waals surface area contributed by atoms with E-state index in [1.165, 1.54) is 18.2 Å². The summed E-state index contributed by atoms with van der Waals surface area (Å²) in [7, 11) is -3.86. The van der Waals surface area contributed by atoms with E-state index in [1.54, 1.807) is 22.6 Å². The van der Waals surface area contributed by atoms with Crippen LogP contribution in [-0.4, -0.2) is 19.5 Å². The zero-order chi connectivity index (χ0) is 10.9. The summed E-state index contributed by atoms with van der Waals surface area (Å²) in [5, 5.41) is 13.6. The van der Waals surface area contributed by atoms with Crippen LogP contribution in [0.1, 0.15) is 10.4 Å². The lowest BCUT2D eigenvalue weighted by atomic mass is 10.2. The Labute approximate surface area is 94.1 Å². The average Bonchev–Trinajstić information content (AvgIpc) is 2.01. The number of hydrogen-bond acceptors (Lipinski definition) is 3. The van der Waals surface area contributed by atoms with E-state index in [1.807, 2.05) is 0 Å². The summed E-state index contributed by atoms with van der Waals surface area (Å²) in [4.78, 5) is 10.5. The Balaban J connectivity index is 3.51. The van der Waals surface area contributed by atoms with Gasteiger partial charge in [-0.05, 0) is 34.7 Å². The third-order valence-corrected chi connectivity index (χ3v) is 3.98. The molecule has 0 heterocycles. The molecular formula is C7H6INO4S. The van der Waals surface area contributed by atoms with Crippen LogP contribution in [0.2, 0.25) is 0 Å². The lowest BCUT2D eigenvalue weighted by Crippen LogP contribution is -2.15. The molecule has 0 unspecified atom stereocenters. The highest BCUT2D eigenvalue weighted by Crippen LogP contribution is 2.20. The summed E-state index contributed by atoms with van der Waals surface area (Å²) in [5.74, 6) is -1.18. The number of benzene rings is 1. The summed E-state index contributed by atoms with van der Waals surface area (Å²) in [5.41, 5.74) is -0.0721. The van der Waals surface area contributed by atoms with E-state index in [0.29, 0.717) is 0 Å². The topological polar surface area (TPSA) is 97.5 Å². The third-order valence-electron chi connectivity index (χ3n) is 1.50. The number of halogens is 1. The van der Waals surface area contributed by atoms with Crippen LogP contribution in [0.15, 0.2) is 23.1 Å². The van der Waals surface area contributed by atoms with Crippen LogP contribution in [0.25, 0.3) is 0 Å². The number of hydrogen-bond donors (Lipinski definition) is 2. The molecule has 0 atom stereocenters. The number of carboxylic acids is 1. The van der Waals surface area contributed by atoms with Crippen molar-refractivity contribution in [1.82, 2.24) is 0 Å². The molecule has 1 aromatic carbocycles. The van der Waals surface area contributed by atoms with Crippen molar-refractivity contribution in [3.8, 4) is 0 Å². The van der Waals surface area contributed by atoms with Crippen LogP contribution >= 0.6 is 22.6 Å². The Kier molecular flexibility index (Phi) is 3.12. The van der Waals surface area contributed by atoms with Crippen molar-refractivity contribution >= 4 is 38.6 Å². The average molecular weight is 327 g/mol. The van der Waals surface area contributed by atoms with Crippen LogP contribution < -0.4 is 5.14 Å². The minimum absolute atomic E-state index is 0.0721. The van der Waals surface area contributed by atoms with Crippen LogP contribution in [-0.2, 0) is 10.0 Å². The van der Waals surface area contributed by atoms with Crippen molar-refractivity contribution < 1.29 is 18.3 Å². The normalized spacial score (nSPS) is 11.3. The zero-order valence-corrected chi connectivity index (χ0v) is 9.74. The maximum absolute atomic E-state index is 11.0. The van der Waals surface area contributed by atoms with Crippen molar-refractivity contribution in [1.29, 1.82) is 0 Å². The maximum Gasteiger partial charge on any atom is 0.336 e. The molecule has 0 saturated heterocycles. The van der Waals surface area contributed by atoms with Crippen LogP contribution in [0.3, 0.4) is 0 Å². The largest absolute Gasteiger partial charge is 0.478 e. The van der Waals surface area contributed by atoms with E-state index in [4.69, 9.17) is 10.2 Å². The quantitative estimate of drug-likeness (QED) is 0.779. The number of sulfonamides is 1. The van der Waals surface area contributed by atoms with E-state index < -0.39 is 16.0 Å². The monoisotopic (exact) mass is 327 g/mol. The maximum atomic E-state index is 11.0. The molecule has 0 aromatic heterocycles. The summed E-state index contributed by atoms with van der Waals surface area (Å²) in [6.45, 7) is 0. The number of rotatable bonds is 2. The SMILES string of the molecule is NS(=O)(=O)c1cccc(C(=O)O)c1I. The van der Waals surface area contributed by atoms with Gasteiger partial charge in [-0.3, -0.25) is 0 Å². The van der Waals surface area contributed by atoms with Gasteiger partial charge in [-0.1, -0.05) is 6.07 Å². The Hall–Kier alpha value is -0.670. The predicted molar refractivity (Wildman–Crippen MR) is 57.5 cm³/mol. The van der Waals surface area contributed by atoms with Gasteiger partial charge in [-0.25, -0.2) is 18.4 Å². The molecule has 0 radical (unpaired) electrons. The smallest absolute Gasteiger partial charge is 0.336 e. The molecule has 7 heteroatoms. The molecule has 0 aliphatic heterocycles. The lowest BCUT2D eigenvalue weighted by molar-refractivity contribution is 0.0695. The van der Waals surface area contributed by atoms with Gasteiger partial charge in [0.1, 0.15) is 0 Å². The Bertz CT molecular complexity index is 482. The second-order valence-electron chi connectivity index (χ2n) is 2.47. The van der Waals surface area contributed by atoms with Gasteiger partial charge >= 0.3 is 5.97 Å². The van der Waals surface area contributed by atoms with Gasteiger partial charge in [0, 0.05) is 3.57 Å². The number of carbonyl (C=O) groups is 1. The molecule has 14 heavy (non-hydrogen) atoms. The molecule has 0 bridgehead atoms. The molecule has 0 fully saturated rings. The predicted octanol–water partition coefficient (Wildman–Crippen LogP) is 0.637. The summed E-state index contributed by atoms with van der Waals surface area (Å²) < 4.78 is 22.1. The number of carboxylic acid groups (broad SMARTS) is 1. The molecular weight excluding hydrogens is 321 g/mol. The molecule has 0 amide bonds. The standard InChI is InChI=1S/C7H6INO4S/c8-6-4(7(10)11)2-1-3-5(6)14(9,12)13/h1-3H,(H,10,11)(H2,9,12,13). The number of primary sulfonamides is 1. The van der Waals surface area contributed by atoms with Gasteiger partial charge in [0.15, 0.2) is 0 Å². The molecule has 0 aliphatic rings. The highest BCUT2D eigenvalue weighted by Gasteiger charge is 2.17. The molecule has 0 saturated carbocycles. The number of nitrogens with two attached hydrogens (primary N) is 1. The Morgan fingerprint density at radius 1 is 1.43 bits per heavy atom. The molecule has 0 aliphatic carbocycles. The van der Waals surface area contributed by atoms with E-state index >= 15 is 0 Å². The number of aromatic carboxylic acids is 1. The first-order chi connectivity index (χ1) is 6.34. The molecule has 1 rings (SSSR count). The molecule has 0 spiro atoms. The molecule has 76 valence electrons. The van der Waals surface area contributed by atoms with E-state index in [0.717, 1.165) is 0 Å². The van der Waals surface area contributed by atoms with Crippen LogP contribution in [0, 0.1) is 3.57 Å². The second kappa shape index (κ2) is 3.83. The highest BCUT2D eigenvalue weighted by atomic mass is 127. The van der Waals surface area contributed by atoms with Gasteiger partial charge in [0.2, 0.25) is 10.0 Å². The van der Waals surface area contributed by atoms with Gasteiger partial charge in [-0.15, -0.1) is 0 Å². The van der Waals surface area contributed by atoms with Crippen molar-refractivity contribution in [2.75, 3.05) is 0 Å². The lowest BCUT2D eigenvalue weighted by Gasteiger charge is -2.04. The fourth-order valence-electron chi connectivity index (χ4n) is 0.896. The zero-order valence-electron chi connectivity index (χ0n) is 6.77. The Morgan fingerprint density at radius 2 is 2.00 bits per heavy atom. The summed E-state index contributed by atoms with van der Waals surface area (Å²) in [6, 6.07) is 3.92. The first kappa shape index (κ1) is 11.4. The van der Waals surface area contributed by atoms with Crippen molar-refractivity contribution in [2.45, 2.75) is 4.90 Å². The second-order valence-corrected chi connectivity index (χ2v) is 5.08. The summed E-state index contributed by atoms with van der Waals surface area (Å²) >= 11 is 1.64.